The first-order valence-corrected chi connectivity index (χ1v) is 9.69. The van der Waals surface area contributed by atoms with Gasteiger partial charge in [0.2, 0.25) is 5.76 Å². The molecule has 3 heterocycles. The first-order chi connectivity index (χ1) is 11.2. The number of carbonyl (C=O) groups excluding carboxylic acids is 1. The summed E-state index contributed by atoms with van der Waals surface area (Å²) in [6, 6.07) is 4.21. The van der Waals surface area contributed by atoms with E-state index in [-0.39, 0.29) is 18.3 Å². The molecule has 0 bridgehead atoms. The lowest BCUT2D eigenvalue weighted by Crippen LogP contribution is -2.39. The van der Waals surface area contributed by atoms with E-state index >= 15 is 0 Å². The van der Waals surface area contributed by atoms with Gasteiger partial charge >= 0.3 is 0 Å². The van der Waals surface area contributed by atoms with Crippen LogP contribution in [0.3, 0.4) is 0 Å². The molecule has 130 valence electrons. The fourth-order valence-electron chi connectivity index (χ4n) is 3.71. The summed E-state index contributed by atoms with van der Waals surface area (Å²) in [7, 11) is 0. The number of furan rings is 1. The molecule has 24 heavy (non-hydrogen) atoms. The molecular formula is C17H20BrClN2O2S. The van der Waals surface area contributed by atoms with Crippen molar-refractivity contribution < 1.29 is 9.21 Å². The molecule has 1 spiro atoms. The molecule has 1 N–H and O–H groups in total. The minimum atomic E-state index is -0.00603. The van der Waals surface area contributed by atoms with Crippen molar-refractivity contribution in [3.8, 4) is 0 Å². The molecule has 0 radical (unpaired) electrons. The maximum absolute atomic E-state index is 13.1. The van der Waals surface area contributed by atoms with Crippen molar-refractivity contribution in [2.45, 2.75) is 31.8 Å². The molecule has 1 saturated carbocycles. The average molecular weight is 432 g/mol. The molecule has 1 saturated heterocycles. The Morgan fingerprint density at radius 2 is 2.21 bits per heavy atom. The summed E-state index contributed by atoms with van der Waals surface area (Å²) < 4.78 is 6.17. The third-order valence-corrected chi connectivity index (χ3v) is 6.48. The van der Waals surface area contributed by atoms with E-state index in [1.165, 1.54) is 5.56 Å². The van der Waals surface area contributed by atoms with E-state index in [1.807, 2.05) is 4.90 Å². The second-order valence-corrected chi connectivity index (χ2v) is 8.13. The van der Waals surface area contributed by atoms with E-state index in [1.54, 1.807) is 23.7 Å². The van der Waals surface area contributed by atoms with Gasteiger partial charge in [-0.05, 0) is 82.2 Å². The second-order valence-electron chi connectivity index (χ2n) is 6.49. The highest BCUT2D eigenvalue weighted by Gasteiger charge is 2.58. The molecule has 0 aromatic carbocycles. The fraction of sp³-hybridized carbons (Fsp3) is 0.471. The Kier molecular flexibility index (Phi) is 5.39. The Morgan fingerprint density at radius 3 is 2.83 bits per heavy atom. The van der Waals surface area contributed by atoms with E-state index in [4.69, 9.17) is 4.42 Å². The number of piperidine rings is 1. The Hall–Kier alpha value is -0.820. The van der Waals surface area contributed by atoms with Gasteiger partial charge in [0, 0.05) is 12.6 Å². The van der Waals surface area contributed by atoms with Gasteiger partial charge in [-0.15, -0.1) is 12.4 Å². The van der Waals surface area contributed by atoms with Crippen molar-refractivity contribution in [1.29, 1.82) is 0 Å². The van der Waals surface area contributed by atoms with Crippen molar-refractivity contribution in [2.75, 3.05) is 13.1 Å². The maximum atomic E-state index is 13.1. The largest absolute Gasteiger partial charge is 0.458 e. The Bertz CT molecular complexity index is 697. The standard InChI is InChI=1S/C17H19BrN2O2S.ClH/c18-13-1-7-22-15(13)16(21)20(10-12-2-8-23-11-12)14-9-17(14)3-5-19-6-4-17;/h1-2,7-8,11,14,19H,3-6,9-10H2;1H. The van der Waals surface area contributed by atoms with E-state index in [0.717, 1.165) is 36.8 Å². The van der Waals surface area contributed by atoms with Gasteiger partial charge < -0.3 is 14.6 Å². The van der Waals surface area contributed by atoms with Gasteiger partial charge in [-0.1, -0.05) is 0 Å². The number of halogens is 2. The zero-order chi connectivity index (χ0) is 15.9. The molecule has 2 aliphatic rings. The van der Waals surface area contributed by atoms with Crippen molar-refractivity contribution in [3.63, 3.8) is 0 Å². The first-order valence-electron chi connectivity index (χ1n) is 7.95. The number of nitrogens with zero attached hydrogens (tertiary/aromatic N) is 1. The minimum Gasteiger partial charge on any atom is -0.458 e. The Morgan fingerprint density at radius 1 is 1.42 bits per heavy atom. The van der Waals surface area contributed by atoms with E-state index in [2.05, 4.69) is 38.1 Å². The van der Waals surface area contributed by atoms with Gasteiger partial charge in [-0.25, -0.2) is 0 Å². The third-order valence-electron chi connectivity index (χ3n) is 5.13. The number of thiophene rings is 1. The molecule has 1 aliphatic heterocycles. The van der Waals surface area contributed by atoms with Crippen LogP contribution in [-0.2, 0) is 6.54 Å². The van der Waals surface area contributed by atoms with E-state index < -0.39 is 0 Å². The van der Waals surface area contributed by atoms with Gasteiger partial charge in [0.1, 0.15) is 0 Å². The minimum absolute atomic E-state index is 0. The summed E-state index contributed by atoms with van der Waals surface area (Å²) in [6.45, 7) is 2.78. The molecule has 2 aromatic heterocycles. The average Bonchev–Trinajstić information content (AvgIpc) is 2.97. The number of hydrogen-bond acceptors (Lipinski definition) is 4. The van der Waals surface area contributed by atoms with Crippen LogP contribution in [0.15, 0.2) is 38.0 Å². The lowest BCUT2D eigenvalue weighted by atomic mass is 9.93. The highest BCUT2D eigenvalue weighted by atomic mass is 79.9. The fourth-order valence-corrected chi connectivity index (χ4v) is 4.74. The van der Waals surface area contributed by atoms with Crippen LogP contribution in [0.25, 0.3) is 0 Å². The topological polar surface area (TPSA) is 45.5 Å². The Balaban J connectivity index is 0.00000169. The first kappa shape index (κ1) is 18.0. The zero-order valence-electron chi connectivity index (χ0n) is 13.2. The number of amides is 1. The zero-order valence-corrected chi connectivity index (χ0v) is 16.4. The van der Waals surface area contributed by atoms with Crippen LogP contribution >= 0.6 is 39.7 Å². The van der Waals surface area contributed by atoms with Crippen molar-refractivity contribution in [3.05, 3.63) is 45.0 Å². The van der Waals surface area contributed by atoms with E-state index in [9.17, 15) is 4.79 Å². The second kappa shape index (κ2) is 7.20. The van der Waals surface area contributed by atoms with Crippen LogP contribution in [-0.4, -0.2) is 29.9 Å². The number of carbonyl (C=O) groups is 1. The van der Waals surface area contributed by atoms with Gasteiger partial charge in [-0.3, -0.25) is 4.79 Å². The summed E-state index contributed by atoms with van der Waals surface area (Å²) in [4.78, 5) is 15.1. The molecule has 2 fully saturated rings. The monoisotopic (exact) mass is 430 g/mol. The van der Waals surface area contributed by atoms with Crippen LogP contribution in [0.2, 0.25) is 0 Å². The summed E-state index contributed by atoms with van der Waals surface area (Å²) in [5, 5.41) is 7.61. The number of rotatable bonds is 4. The highest BCUT2D eigenvalue weighted by Crippen LogP contribution is 2.56. The Labute approximate surface area is 160 Å². The normalized spacial score (nSPS) is 21.3. The molecule has 4 nitrogen and oxygen atoms in total. The molecule has 1 aliphatic carbocycles. The van der Waals surface area contributed by atoms with Crippen molar-refractivity contribution >= 4 is 45.6 Å². The van der Waals surface area contributed by atoms with Crippen LogP contribution in [0.5, 0.6) is 0 Å². The predicted octanol–water partition coefficient (Wildman–Crippen LogP) is 4.31. The molecule has 7 heteroatoms. The van der Waals surface area contributed by atoms with Gasteiger partial charge in [0.25, 0.3) is 5.91 Å². The van der Waals surface area contributed by atoms with Crippen LogP contribution < -0.4 is 5.32 Å². The number of hydrogen-bond donors (Lipinski definition) is 1. The molecule has 1 amide bonds. The molecule has 4 rings (SSSR count). The molecule has 2 aromatic rings. The number of nitrogens with one attached hydrogen (secondary N) is 1. The lowest BCUT2D eigenvalue weighted by molar-refractivity contribution is 0.0658. The summed E-state index contributed by atoms with van der Waals surface area (Å²) in [5.74, 6) is 0.407. The lowest BCUT2D eigenvalue weighted by Gasteiger charge is -2.29. The SMILES string of the molecule is Cl.O=C(c1occc1Br)N(Cc1ccsc1)C1CC12CCNCC2. The summed E-state index contributed by atoms with van der Waals surface area (Å²) in [5.41, 5.74) is 1.51. The predicted molar refractivity (Wildman–Crippen MR) is 101 cm³/mol. The third kappa shape index (κ3) is 3.29. The van der Waals surface area contributed by atoms with Crippen LogP contribution in [0.4, 0.5) is 0 Å². The molecule has 1 atom stereocenters. The quantitative estimate of drug-likeness (QED) is 0.784. The molecule has 1 unspecified atom stereocenters. The summed E-state index contributed by atoms with van der Waals surface area (Å²) in [6.07, 6.45) is 4.99. The summed E-state index contributed by atoms with van der Waals surface area (Å²) >= 11 is 5.09. The van der Waals surface area contributed by atoms with Crippen LogP contribution in [0.1, 0.15) is 35.4 Å². The van der Waals surface area contributed by atoms with Gasteiger partial charge in [0.05, 0.1) is 10.7 Å². The van der Waals surface area contributed by atoms with Crippen molar-refractivity contribution in [1.82, 2.24) is 10.2 Å². The molecular weight excluding hydrogens is 412 g/mol. The van der Waals surface area contributed by atoms with E-state index in [0.29, 0.717) is 23.8 Å². The van der Waals surface area contributed by atoms with Gasteiger partial charge in [-0.2, -0.15) is 11.3 Å². The van der Waals surface area contributed by atoms with Gasteiger partial charge in [0.15, 0.2) is 0 Å². The smallest absolute Gasteiger partial charge is 0.291 e. The van der Waals surface area contributed by atoms with Crippen molar-refractivity contribution in [2.24, 2.45) is 5.41 Å². The maximum Gasteiger partial charge on any atom is 0.291 e. The van der Waals surface area contributed by atoms with Crippen LogP contribution in [0, 0.1) is 5.41 Å². The highest BCUT2D eigenvalue weighted by molar-refractivity contribution is 9.10.